The molecule has 3 rings (SSSR count). The number of halogens is 2. The van der Waals surface area contributed by atoms with E-state index in [4.69, 9.17) is 23.2 Å². The Morgan fingerprint density at radius 2 is 1.40 bits per heavy atom. The number of aryl methyl sites for hydroxylation is 2. The van der Waals surface area contributed by atoms with E-state index in [-0.39, 0.29) is 32.0 Å². The molecule has 0 heterocycles. The van der Waals surface area contributed by atoms with E-state index in [0.717, 1.165) is 11.1 Å². The van der Waals surface area contributed by atoms with Crippen molar-refractivity contribution in [3.63, 3.8) is 0 Å². The van der Waals surface area contributed by atoms with E-state index in [1.807, 2.05) is 13.8 Å². The highest BCUT2D eigenvalue weighted by molar-refractivity contribution is 7.92. The Morgan fingerprint density at radius 3 is 2.03 bits per heavy atom. The molecule has 2 amide bonds. The molecule has 0 radical (unpaired) electrons. The number of carbonyl (C=O) groups excluding carboxylic acids is 1. The van der Waals surface area contributed by atoms with Crippen LogP contribution in [-0.4, -0.2) is 14.4 Å². The quantitative estimate of drug-likeness (QED) is 0.429. The highest BCUT2D eigenvalue weighted by Gasteiger charge is 2.18. The predicted octanol–water partition coefficient (Wildman–Crippen LogP) is 6.06. The van der Waals surface area contributed by atoms with Crippen LogP contribution in [0.4, 0.5) is 21.9 Å². The highest BCUT2D eigenvalue weighted by atomic mass is 35.5. The zero-order valence-electron chi connectivity index (χ0n) is 16.2. The molecule has 3 aromatic carbocycles. The molecule has 0 unspecified atom stereocenters. The number of urea groups is 1. The SMILES string of the molecule is Cc1ccc(S(=O)(=O)Nc2ccc(C)cc2NC(=O)Nc2c(Cl)cccc2Cl)cc1. The molecule has 0 saturated heterocycles. The average molecular weight is 464 g/mol. The number of rotatable bonds is 5. The maximum absolute atomic E-state index is 12.7. The zero-order chi connectivity index (χ0) is 21.9. The smallest absolute Gasteiger partial charge is 0.306 e. The fourth-order valence-corrected chi connectivity index (χ4v) is 4.23. The topological polar surface area (TPSA) is 87.3 Å². The molecule has 0 atom stereocenters. The maximum Gasteiger partial charge on any atom is 0.323 e. The van der Waals surface area contributed by atoms with Gasteiger partial charge in [0.05, 0.1) is 32.0 Å². The Morgan fingerprint density at radius 1 is 0.800 bits per heavy atom. The normalized spacial score (nSPS) is 11.1. The van der Waals surface area contributed by atoms with Gasteiger partial charge in [-0.3, -0.25) is 4.72 Å². The summed E-state index contributed by atoms with van der Waals surface area (Å²) in [6.45, 7) is 3.70. The number of nitrogens with one attached hydrogen (secondary N) is 3. The predicted molar refractivity (Wildman–Crippen MR) is 122 cm³/mol. The van der Waals surface area contributed by atoms with Crippen molar-refractivity contribution in [2.24, 2.45) is 0 Å². The van der Waals surface area contributed by atoms with Crippen LogP contribution in [0.25, 0.3) is 0 Å². The summed E-state index contributed by atoms with van der Waals surface area (Å²) in [5, 5.41) is 5.79. The number of hydrogen-bond donors (Lipinski definition) is 3. The number of hydrogen-bond acceptors (Lipinski definition) is 3. The van der Waals surface area contributed by atoms with Gasteiger partial charge in [0.15, 0.2) is 0 Å². The number of amides is 2. The number of carbonyl (C=O) groups is 1. The second kappa shape index (κ2) is 8.95. The van der Waals surface area contributed by atoms with Crippen LogP contribution in [0.15, 0.2) is 65.6 Å². The third kappa shape index (κ3) is 5.24. The van der Waals surface area contributed by atoms with Gasteiger partial charge in [-0.2, -0.15) is 0 Å². The van der Waals surface area contributed by atoms with E-state index >= 15 is 0 Å². The van der Waals surface area contributed by atoms with Crippen LogP contribution in [0.5, 0.6) is 0 Å². The van der Waals surface area contributed by atoms with Gasteiger partial charge in [-0.05, 0) is 55.8 Å². The van der Waals surface area contributed by atoms with Gasteiger partial charge in [-0.15, -0.1) is 0 Å². The molecule has 0 bridgehead atoms. The lowest BCUT2D eigenvalue weighted by atomic mass is 10.2. The summed E-state index contributed by atoms with van der Waals surface area (Å²) in [7, 11) is -3.84. The number of para-hydroxylation sites is 1. The van der Waals surface area contributed by atoms with Crippen LogP contribution in [-0.2, 0) is 10.0 Å². The molecule has 30 heavy (non-hydrogen) atoms. The number of anilines is 3. The molecule has 156 valence electrons. The Hall–Kier alpha value is -2.74. The minimum atomic E-state index is -3.84. The molecule has 0 aromatic heterocycles. The van der Waals surface area contributed by atoms with Crippen LogP contribution >= 0.6 is 23.2 Å². The van der Waals surface area contributed by atoms with Crippen molar-refractivity contribution in [3.05, 3.63) is 81.8 Å². The molecule has 6 nitrogen and oxygen atoms in total. The summed E-state index contributed by atoms with van der Waals surface area (Å²) in [5.41, 5.74) is 2.54. The van der Waals surface area contributed by atoms with E-state index in [9.17, 15) is 13.2 Å². The van der Waals surface area contributed by atoms with Gasteiger partial charge in [0.25, 0.3) is 10.0 Å². The highest BCUT2D eigenvalue weighted by Crippen LogP contribution is 2.31. The first-order chi connectivity index (χ1) is 14.2. The lowest BCUT2D eigenvalue weighted by Gasteiger charge is -2.16. The fourth-order valence-electron chi connectivity index (χ4n) is 2.66. The molecule has 0 aliphatic rings. The second-order valence-electron chi connectivity index (χ2n) is 6.64. The third-order valence-electron chi connectivity index (χ3n) is 4.20. The van der Waals surface area contributed by atoms with Crippen LogP contribution in [0.1, 0.15) is 11.1 Å². The summed E-state index contributed by atoms with van der Waals surface area (Å²) in [6.07, 6.45) is 0. The Labute approximate surface area is 185 Å². The Kier molecular flexibility index (Phi) is 6.55. The molecule has 0 fully saturated rings. The minimum absolute atomic E-state index is 0.118. The first kappa shape index (κ1) is 22.0. The first-order valence-electron chi connectivity index (χ1n) is 8.88. The van der Waals surface area contributed by atoms with E-state index in [2.05, 4.69) is 15.4 Å². The summed E-state index contributed by atoms with van der Waals surface area (Å²) >= 11 is 12.2. The van der Waals surface area contributed by atoms with Crippen LogP contribution in [0.2, 0.25) is 10.0 Å². The van der Waals surface area contributed by atoms with Crippen molar-refractivity contribution in [1.82, 2.24) is 0 Å². The standard InChI is InChI=1S/C21H19Cl2N3O3S/c1-13-6-9-15(10-7-13)30(28,29)26-18-11-8-14(2)12-19(18)24-21(27)25-20-16(22)4-3-5-17(20)23/h3-12,26H,1-2H3,(H2,24,25,27). The van der Waals surface area contributed by atoms with Crippen LogP contribution in [0.3, 0.4) is 0 Å². The van der Waals surface area contributed by atoms with Gasteiger partial charge in [-0.1, -0.05) is 53.0 Å². The summed E-state index contributed by atoms with van der Waals surface area (Å²) in [5.74, 6) is 0. The zero-order valence-corrected chi connectivity index (χ0v) is 18.5. The third-order valence-corrected chi connectivity index (χ3v) is 6.21. The summed E-state index contributed by atoms with van der Waals surface area (Å²) < 4.78 is 28.0. The van der Waals surface area contributed by atoms with Crippen molar-refractivity contribution < 1.29 is 13.2 Å². The van der Waals surface area contributed by atoms with Crippen molar-refractivity contribution in [2.75, 3.05) is 15.4 Å². The Bertz CT molecular complexity index is 1180. The van der Waals surface area contributed by atoms with E-state index in [0.29, 0.717) is 0 Å². The van der Waals surface area contributed by atoms with Gasteiger partial charge in [0.1, 0.15) is 0 Å². The molecular weight excluding hydrogens is 445 g/mol. The van der Waals surface area contributed by atoms with Gasteiger partial charge in [-0.25, -0.2) is 13.2 Å². The van der Waals surface area contributed by atoms with Crippen molar-refractivity contribution >= 4 is 56.3 Å². The average Bonchev–Trinajstić information content (AvgIpc) is 2.67. The minimum Gasteiger partial charge on any atom is -0.306 e. The largest absolute Gasteiger partial charge is 0.323 e. The Balaban J connectivity index is 1.85. The molecule has 9 heteroatoms. The fraction of sp³-hybridized carbons (Fsp3) is 0.0952. The summed E-state index contributed by atoms with van der Waals surface area (Å²) in [6, 6.07) is 15.7. The molecule has 0 aliphatic carbocycles. The van der Waals surface area contributed by atoms with Gasteiger partial charge in [0.2, 0.25) is 0 Å². The maximum atomic E-state index is 12.7. The second-order valence-corrected chi connectivity index (χ2v) is 9.14. The lowest BCUT2D eigenvalue weighted by Crippen LogP contribution is -2.22. The number of sulfonamides is 1. The molecule has 0 aliphatic heterocycles. The van der Waals surface area contributed by atoms with E-state index in [1.165, 1.54) is 12.1 Å². The van der Waals surface area contributed by atoms with Gasteiger partial charge < -0.3 is 10.6 Å². The molecule has 3 aromatic rings. The lowest BCUT2D eigenvalue weighted by molar-refractivity contribution is 0.262. The number of benzene rings is 3. The molecule has 0 saturated carbocycles. The van der Waals surface area contributed by atoms with Crippen molar-refractivity contribution in [2.45, 2.75) is 18.7 Å². The van der Waals surface area contributed by atoms with Crippen LogP contribution in [0, 0.1) is 13.8 Å². The first-order valence-corrected chi connectivity index (χ1v) is 11.1. The summed E-state index contributed by atoms with van der Waals surface area (Å²) in [4.78, 5) is 12.6. The van der Waals surface area contributed by atoms with Crippen LogP contribution < -0.4 is 15.4 Å². The van der Waals surface area contributed by atoms with Gasteiger partial charge >= 0.3 is 6.03 Å². The molecule has 3 N–H and O–H groups in total. The van der Waals surface area contributed by atoms with Crippen molar-refractivity contribution in [3.8, 4) is 0 Å². The van der Waals surface area contributed by atoms with Gasteiger partial charge in [0, 0.05) is 0 Å². The molecule has 0 spiro atoms. The van der Waals surface area contributed by atoms with E-state index < -0.39 is 16.1 Å². The monoisotopic (exact) mass is 463 g/mol. The van der Waals surface area contributed by atoms with Crippen molar-refractivity contribution in [1.29, 1.82) is 0 Å². The molecular formula is C21H19Cl2N3O3S. The van der Waals surface area contributed by atoms with E-state index in [1.54, 1.807) is 48.5 Å².